The number of fused-ring (bicyclic) bond motifs is 1. The summed E-state index contributed by atoms with van der Waals surface area (Å²) in [7, 11) is 0. The molecule has 0 saturated heterocycles. The van der Waals surface area contributed by atoms with Crippen LogP contribution in [0.3, 0.4) is 0 Å². The van der Waals surface area contributed by atoms with Crippen molar-refractivity contribution in [2.24, 2.45) is 10.9 Å². The van der Waals surface area contributed by atoms with Gasteiger partial charge in [-0.2, -0.15) is 0 Å². The van der Waals surface area contributed by atoms with Crippen LogP contribution in [0.2, 0.25) is 0 Å². The SMILES string of the molecule is O=C1CC2=NCC3CC23c2cc[nH]c21. The first-order chi connectivity index (χ1) is 6.82. The first-order valence-corrected chi connectivity index (χ1v) is 5.07. The van der Waals surface area contributed by atoms with Gasteiger partial charge in [0.05, 0.1) is 12.1 Å². The molecule has 0 amide bonds. The van der Waals surface area contributed by atoms with Crippen molar-refractivity contribution in [3.63, 3.8) is 0 Å². The van der Waals surface area contributed by atoms with E-state index < -0.39 is 0 Å². The van der Waals surface area contributed by atoms with Gasteiger partial charge in [-0.1, -0.05) is 0 Å². The van der Waals surface area contributed by atoms with Gasteiger partial charge in [-0.05, 0) is 24.0 Å². The number of nitrogens with one attached hydrogen (secondary N) is 1. The van der Waals surface area contributed by atoms with Gasteiger partial charge in [0, 0.05) is 23.9 Å². The Bertz CT molecular complexity index is 485. The van der Waals surface area contributed by atoms with Gasteiger partial charge in [0.15, 0.2) is 5.78 Å². The summed E-state index contributed by atoms with van der Waals surface area (Å²) >= 11 is 0. The summed E-state index contributed by atoms with van der Waals surface area (Å²) in [6.45, 7) is 0.938. The van der Waals surface area contributed by atoms with E-state index in [9.17, 15) is 4.79 Å². The second-order valence-electron chi connectivity index (χ2n) is 4.53. The summed E-state index contributed by atoms with van der Waals surface area (Å²) in [5, 5.41) is 0. The van der Waals surface area contributed by atoms with Crippen molar-refractivity contribution in [1.29, 1.82) is 0 Å². The molecule has 3 heteroatoms. The van der Waals surface area contributed by atoms with Gasteiger partial charge in [-0.3, -0.25) is 9.79 Å². The van der Waals surface area contributed by atoms with E-state index >= 15 is 0 Å². The largest absolute Gasteiger partial charge is 0.359 e. The van der Waals surface area contributed by atoms with Crippen LogP contribution in [0.5, 0.6) is 0 Å². The van der Waals surface area contributed by atoms with E-state index in [0.717, 1.165) is 18.0 Å². The molecular weight excluding hydrogens is 176 g/mol. The summed E-state index contributed by atoms with van der Waals surface area (Å²) in [5.74, 6) is 0.905. The third-order valence-electron chi connectivity index (χ3n) is 3.96. The van der Waals surface area contributed by atoms with Crippen LogP contribution in [0.15, 0.2) is 17.3 Å². The molecule has 1 spiro atoms. The number of aromatic amines is 1. The van der Waals surface area contributed by atoms with Crippen LogP contribution >= 0.6 is 0 Å². The maximum atomic E-state index is 11.7. The number of H-pyrrole nitrogens is 1. The monoisotopic (exact) mass is 186 g/mol. The molecule has 0 radical (unpaired) electrons. The Balaban J connectivity index is 2.04. The second kappa shape index (κ2) is 1.85. The molecule has 0 aromatic carbocycles. The number of aromatic nitrogens is 1. The highest BCUT2D eigenvalue weighted by Gasteiger charge is 2.64. The summed E-state index contributed by atoms with van der Waals surface area (Å²) < 4.78 is 0. The predicted octanol–water partition coefficient (Wildman–Crippen LogP) is 1.31. The quantitative estimate of drug-likeness (QED) is 0.652. The molecule has 3 nitrogen and oxygen atoms in total. The van der Waals surface area contributed by atoms with Crippen LogP contribution in [0.1, 0.15) is 28.9 Å². The smallest absolute Gasteiger partial charge is 0.184 e. The van der Waals surface area contributed by atoms with Crippen molar-refractivity contribution in [2.45, 2.75) is 18.3 Å². The third kappa shape index (κ3) is 0.541. The highest BCUT2D eigenvalue weighted by molar-refractivity contribution is 6.19. The average molecular weight is 186 g/mol. The molecule has 1 aromatic heterocycles. The lowest BCUT2D eigenvalue weighted by molar-refractivity contribution is 0.0990. The van der Waals surface area contributed by atoms with Crippen LogP contribution in [0.25, 0.3) is 0 Å². The minimum atomic E-state index is 0.198. The highest BCUT2D eigenvalue weighted by atomic mass is 16.1. The Morgan fingerprint density at radius 1 is 1.57 bits per heavy atom. The molecule has 1 aromatic rings. The van der Waals surface area contributed by atoms with E-state index in [1.807, 2.05) is 6.20 Å². The number of hydrogen-bond acceptors (Lipinski definition) is 2. The zero-order chi connectivity index (χ0) is 9.34. The first kappa shape index (κ1) is 6.98. The molecule has 2 unspecified atom stereocenters. The van der Waals surface area contributed by atoms with E-state index in [4.69, 9.17) is 0 Å². The van der Waals surface area contributed by atoms with Crippen LogP contribution in [0.4, 0.5) is 0 Å². The van der Waals surface area contributed by atoms with Gasteiger partial charge in [-0.15, -0.1) is 0 Å². The topological polar surface area (TPSA) is 45.2 Å². The Morgan fingerprint density at radius 2 is 2.50 bits per heavy atom. The fourth-order valence-electron chi connectivity index (χ4n) is 3.18. The van der Waals surface area contributed by atoms with Crippen molar-refractivity contribution in [2.75, 3.05) is 6.54 Å². The summed E-state index contributed by atoms with van der Waals surface area (Å²) in [5.41, 5.74) is 3.41. The molecule has 1 aliphatic heterocycles. The molecule has 14 heavy (non-hydrogen) atoms. The van der Waals surface area contributed by atoms with E-state index in [-0.39, 0.29) is 11.2 Å². The van der Waals surface area contributed by atoms with Gasteiger partial charge in [0.1, 0.15) is 0 Å². The molecule has 70 valence electrons. The van der Waals surface area contributed by atoms with Crippen molar-refractivity contribution in [1.82, 2.24) is 4.98 Å². The minimum absolute atomic E-state index is 0.198. The standard InChI is InChI=1S/C11H10N2O/c14-8-3-9-11(4-6(11)5-13-9)7-1-2-12-10(7)8/h1-2,6,12H,3-5H2. The molecule has 3 aliphatic rings. The lowest BCUT2D eigenvalue weighted by Crippen LogP contribution is -2.30. The van der Waals surface area contributed by atoms with Crippen LogP contribution < -0.4 is 0 Å². The van der Waals surface area contributed by atoms with Gasteiger partial charge in [0.2, 0.25) is 0 Å². The number of Topliss-reactive ketones (excluding diaryl/α,β-unsaturated/α-hetero) is 1. The van der Waals surface area contributed by atoms with Crippen LogP contribution in [-0.4, -0.2) is 23.0 Å². The summed E-state index contributed by atoms with van der Waals surface area (Å²) in [6, 6.07) is 2.06. The number of ketones is 1. The van der Waals surface area contributed by atoms with Crippen LogP contribution in [0, 0.1) is 5.92 Å². The predicted molar refractivity (Wildman–Crippen MR) is 51.8 cm³/mol. The van der Waals surface area contributed by atoms with Crippen molar-refractivity contribution < 1.29 is 4.79 Å². The van der Waals surface area contributed by atoms with Gasteiger partial charge in [0.25, 0.3) is 0 Å². The first-order valence-electron chi connectivity index (χ1n) is 5.07. The number of carbonyl (C=O) groups is 1. The number of aliphatic imine (C=N–C) groups is 1. The molecular formula is C11H10N2O. The number of hydrogen-bond donors (Lipinski definition) is 1. The molecule has 1 fully saturated rings. The van der Waals surface area contributed by atoms with Gasteiger partial charge < -0.3 is 4.98 Å². The van der Waals surface area contributed by atoms with E-state index in [1.165, 1.54) is 12.0 Å². The van der Waals surface area contributed by atoms with Crippen molar-refractivity contribution in [3.8, 4) is 0 Å². The minimum Gasteiger partial charge on any atom is -0.359 e. The molecule has 0 bridgehead atoms. The number of rotatable bonds is 0. The second-order valence-corrected chi connectivity index (χ2v) is 4.53. The fraction of sp³-hybridized carbons (Fsp3) is 0.455. The highest BCUT2D eigenvalue weighted by Crippen LogP contribution is 2.61. The Hall–Kier alpha value is -1.38. The lowest BCUT2D eigenvalue weighted by atomic mass is 9.81. The third-order valence-corrected chi connectivity index (χ3v) is 3.96. The molecule has 1 saturated carbocycles. The lowest BCUT2D eigenvalue weighted by Gasteiger charge is -2.21. The maximum absolute atomic E-state index is 11.7. The fourth-order valence-corrected chi connectivity index (χ4v) is 3.18. The maximum Gasteiger partial charge on any atom is 0.184 e. The number of nitrogens with zero attached hydrogens (tertiary/aromatic N) is 1. The molecule has 4 rings (SSSR count). The Morgan fingerprint density at radius 3 is 3.36 bits per heavy atom. The molecule has 2 atom stereocenters. The van der Waals surface area contributed by atoms with Gasteiger partial charge in [-0.25, -0.2) is 0 Å². The molecule has 1 N–H and O–H groups in total. The van der Waals surface area contributed by atoms with E-state index in [0.29, 0.717) is 12.3 Å². The van der Waals surface area contributed by atoms with E-state index in [2.05, 4.69) is 16.0 Å². The normalized spacial score (nSPS) is 37.3. The Kier molecular flexibility index (Phi) is 0.923. The van der Waals surface area contributed by atoms with Crippen LogP contribution in [-0.2, 0) is 5.41 Å². The zero-order valence-electron chi connectivity index (χ0n) is 7.71. The Labute approximate surface area is 81.2 Å². The van der Waals surface area contributed by atoms with Crippen molar-refractivity contribution in [3.05, 3.63) is 23.5 Å². The van der Waals surface area contributed by atoms with Gasteiger partial charge >= 0.3 is 0 Å². The number of carbonyl (C=O) groups excluding carboxylic acids is 1. The molecule has 2 heterocycles. The van der Waals surface area contributed by atoms with Crippen molar-refractivity contribution >= 4 is 11.5 Å². The van der Waals surface area contributed by atoms with E-state index in [1.54, 1.807) is 0 Å². The molecule has 2 aliphatic carbocycles. The zero-order valence-corrected chi connectivity index (χ0v) is 7.71. The summed E-state index contributed by atoms with van der Waals surface area (Å²) in [4.78, 5) is 19.3. The average Bonchev–Trinajstić information content (AvgIpc) is 2.62. The summed E-state index contributed by atoms with van der Waals surface area (Å²) in [6.07, 6.45) is 3.64.